The standard InChI is InChI=1S/C9H9BrN4S/c1-14(4-8-5-15-6-13-8)9-11-2-7(10)3-12-9/h2-3,5-6H,4H2,1H3. The van der Waals surface area contributed by atoms with Crippen LogP contribution < -0.4 is 4.90 Å². The van der Waals surface area contributed by atoms with Crippen LogP contribution >= 0.6 is 27.3 Å². The Morgan fingerprint density at radius 2 is 2.07 bits per heavy atom. The van der Waals surface area contributed by atoms with E-state index in [-0.39, 0.29) is 0 Å². The summed E-state index contributed by atoms with van der Waals surface area (Å²) in [7, 11) is 1.95. The molecule has 6 heteroatoms. The van der Waals surface area contributed by atoms with Crippen LogP contribution in [0.1, 0.15) is 5.69 Å². The third-order valence-corrected chi connectivity index (χ3v) is 2.88. The van der Waals surface area contributed by atoms with E-state index in [0.717, 1.165) is 16.7 Å². The molecule has 0 unspecified atom stereocenters. The predicted octanol–water partition coefficient (Wildman–Crippen LogP) is 2.33. The summed E-state index contributed by atoms with van der Waals surface area (Å²) in [5.74, 6) is 0.700. The number of halogens is 1. The average Bonchev–Trinajstić information content (AvgIpc) is 2.71. The molecule has 0 N–H and O–H groups in total. The van der Waals surface area contributed by atoms with E-state index in [1.54, 1.807) is 23.7 Å². The van der Waals surface area contributed by atoms with E-state index in [4.69, 9.17) is 0 Å². The Bertz CT molecular complexity index is 414. The Morgan fingerprint density at radius 1 is 1.33 bits per heavy atom. The molecular formula is C9H9BrN4S. The fourth-order valence-corrected chi connectivity index (χ4v) is 1.89. The molecule has 0 saturated heterocycles. The van der Waals surface area contributed by atoms with Crippen LogP contribution in [0.4, 0.5) is 5.95 Å². The number of anilines is 1. The minimum Gasteiger partial charge on any atom is -0.338 e. The first-order chi connectivity index (χ1) is 7.25. The maximum Gasteiger partial charge on any atom is 0.225 e. The van der Waals surface area contributed by atoms with Gasteiger partial charge in [-0.3, -0.25) is 0 Å². The second kappa shape index (κ2) is 4.67. The molecule has 0 aliphatic carbocycles. The van der Waals surface area contributed by atoms with E-state index in [1.165, 1.54) is 0 Å². The Labute approximate surface area is 100 Å². The van der Waals surface area contributed by atoms with Crippen LogP contribution in [-0.4, -0.2) is 22.0 Å². The highest BCUT2D eigenvalue weighted by Gasteiger charge is 2.05. The van der Waals surface area contributed by atoms with Crippen molar-refractivity contribution in [2.24, 2.45) is 0 Å². The second-order valence-corrected chi connectivity index (χ2v) is 4.67. The molecule has 0 bridgehead atoms. The summed E-state index contributed by atoms with van der Waals surface area (Å²) in [5, 5.41) is 2.02. The van der Waals surface area contributed by atoms with Gasteiger partial charge >= 0.3 is 0 Å². The summed E-state index contributed by atoms with van der Waals surface area (Å²) in [6, 6.07) is 0. The first-order valence-corrected chi connectivity index (χ1v) is 6.05. The van der Waals surface area contributed by atoms with Gasteiger partial charge in [-0.2, -0.15) is 0 Å². The topological polar surface area (TPSA) is 41.9 Å². The molecule has 2 heterocycles. The van der Waals surface area contributed by atoms with Gasteiger partial charge in [0.05, 0.1) is 22.2 Å². The molecule has 0 atom stereocenters. The third-order valence-electron chi connectivity index (χ3n) is 1.83. The smallest absolute Gasteiger partial charge is 0.225 e. The van der Waals surface area contributed by atoms with Gasteiger partial charge in [0.2, 0.25) is 5.95 Å². The lowest BCUT2D eigenvalue weighted by molar-refractivity contribution is 0.846. The minimum atomic E-state index is 0.700. The van der Waals surface area contributed by atoms with E-state index in [9.17, 15) is 0 Å². The maximum atomic E-state index is 4.21. The molecule has 0 aliphatic rings. The van der Waals surface area contributed by atoms with Crippen LogP contribution in [-0.2, 0) is 6.54 Å². The fraction of sp³-hybridized carbons (Fsp3) is 0.222. The van der Waals surface area contributed by atoms with Crippen molar-refractivity contribution in [1.29, 1.82) is 0 Å². The number of aromatic nitrogens is 3. The molecule has 15 heavy (non-hydrogen) atoms. The molecular weight excluding hydrogens is 276 g/mol. The largest absolute Gasteiger partial charge is 0.338 e. The third kappa shape index (κ3) is 2.73. The van der Waals surface area contributed by atoms with Crippen LogP contribution in [0.15, 0.2) is 27.8 Å². The van der Waals surface area contributed by atoms with Crippen LogP contribution in [0, 0.1) is 0 Å². The molecule has 0 aliphatic heterocycles. The highest BCUT2D eigenvalue weighted by molar-refractivity contribution is 9.10. The van der Waals surface area contributed by atoms with Gasteiger partial charge in [-0.1, -0.05) is 0 Å². The van der Waals surface area contributed by atoms with Crippen molar-refractivity contribution in [3.05, 3.63) is 33.5 Å². The van der Waals surface area contributed by atoms with Crippen molar-refractivity contribution >= 4 is 33.2 Å². The lowest BCUT2D eigenvalue weighted by Gasteiger charge is -2.14. The number of nitrogens with zero attached hydrogens (tertiary/aromatic N) is 4. The molecule has 0 saturated carbocycles. The molecule has 0 radical (unpaired) electrons. The summed E-state index contributed by atoms with van der Waals surface area (Å²) in [6.45, 7) is 0.727. The van der Waals surface area contributed by atoms with Gasteiger partial charge in [0, 0.05) is 24.8 Å². The van der Waals surface area contributed by atoms with Crippen molar-refractivity contribution < 1.29 is 0 Å². The molecule has 0 aromatic carbocycles. The molecule has 0 fully saturated rings. The molecule has 0 amide bonds. The number of thiazole rings is 1. The zero-order valence-electron chi connectivity index (χ0n) is 8.09. The number of hydrogen-bond acceptors (Lipinski definition) is 5. The summed E-state index contributed by atoms with van der Waals surface area (Å²) in [5.41, 5.74) is 2.86. The van der Waals surface area contributed by atoms with Crippen molar-refractivity contribution in [2.75, 3.05) is 11.9 Å². The summed E-state index contributed by atoms with van der Waals surface area (Å²) < 4.78 is 0.883. The molecule has 2 aromatic heterocycles. The first kappa shape index (κ1) is 10.5. The minimum absolute atomic E-state index is 0.700. The summed E-state index contributed by atoms with van der Waals surface area (Å²) in [4.78, 5) is 14.6. The van der Waals surface area contributed by atoms with Gasteiger partial charge in [-0.15, -0.1) is 11.3 Å². The first-order valence-electron chi connectivity index (χ1n) is 4.31. The van der Waals surface area contributed by atoms with Crippen LogP contribution in [0.2, 0.25) is 0 Å². The van der Waals surface area contributed by atoms with Crippen molar-refractivity contribution in [3.63, 3.8) is 0 Å². The van der Waals surface area contributed by atoms with E-state index < -0.39 is 0 Å². The van der Waals surface area contributed by atoms with Crippen LogP contribution in [0.3, 0.4) is 0 Å². The van der Waals surface area contributed by atoms with E-state index in [0.29, 0.717) is 5.95 Å². The Hall–Kier alpha value is -1.01. The SMILES string of the molecule is CN(Cc1cscn1)c1ncc(Br)cn1. The van der Waals surface area contributed by atoms with Gasteiger partial charge in [-0.25, -0.2) is 15.0 Å². The van der Waals surface area contributed by atoms with Crippen LogP contribution in [0.5, 0.6) is 0 Å². The predicted molar refractivity (Wildman–Crippen MR) is 64.0 cm³/mol. The van der Waals surface area contributed by atoms with E-state index >= 15 is 0 Å². The van der Waals surface area contributed by atoms with Gasteiger partial charge < -0.3 is 4.90 Å². The average molecular weight is 285 g/mol. The zero-order chi connectivity index (χ0) is 10.7. The molecule has 4 nitrogen and oxygen atoms in total. The lowest BCUT2D eigenvalue weighted by atomic mass is 10.4. The lowest BCUT2D eigenvalue weighted by Crippen LogP contribution is -2.18. The van der Waals surface area contributed by atoms with Gasteiger partial charge in [0.15, 0.2) is 0 Å². The zero-order valence-corrected chi connectivity index (χ0v) is 10.5. The monoisotopic (exact) mass is 284 g/mol. The Morgan fingerprint density at radius 3 is 2.67 bits per heavy atom. The highest BCUT2D eigenvalue weighted by Crippen LogP contribution is 2.12. The molecule has 78 valence electrons. The number of rotatable bonds is 3. The number of hydrogen-bond donors (Lipinski definition) is 0. The quantitative estimate of drug-likeness (QED) is 0.868. The van der Waals surface area contributed by atoms with Gasteiger partial charge in [-0.05, 0) is 15.9 Å². The van der Waals surface area contributed by atoms with E-state index in [2.05, 4.69) is 30.9 Å². The van der Waals surface area contributed by atoms with Gasteiger partial charge in [0.1, 0.15) is 0 Å². The van der Waals surface area contributed by atoms with E-state index in [1.807, 2.05) is 22.8 Å². The summed E-state index contributed by atoms with van der Waals surface area (Å²) in [6.07, 6.45) is 3.47. The highest BCUT2D eigenvalue weighted by atomic mass is 79.9. The summed E-state index contributed by atoms with van der Waals surface area (Å²) >= 11 is 4.89. The van der Waals surface area contributed by atoms with Gasteiger partial charge in [0.25, 0.3) is 0 Å². The Kier molecular flexibility index (Phi) is 3.27. The van der Waals surface area contributed by atoms with Crippen molar-refractivity contribution in [3.8, 4) is 0 Å². The fourth-order valence-electron chi connectivity index (χ4n) is 1.13. The van der Waals surface area contributed by atoms with Crippen molar-refractivity contribution in [2.45, 2.75) is 6.54 Å². The van der Waals surface area contributed by atoms with Crippen molar-refractivity contribution in [1.82, 2.24) is 15.0 Å². The normalized spacial score (nSPS) is 10.3. The van der Waals surface area contributed by atoms with Crippen LogP contribution in [0.25, 0.3) is 0 Å². The molecule has 2 aromatic rings. The Balaban J connectivity index is 2.08. The maximum absolute atomic E-state index is 4.21. The molecule has 2 rings (SSSR count). The second-order valence-electron chi connectivity index (χ2n) is 3.04. The molecule has 0 spiro atoms.